The number of nitrogens with two attached hydrogens (primary N) is 1. The van der Waals surface area contributed by atoms with Crippen molar-refractivity contribution < 1.29 is 9.47 Å². The Hall–Kier alpha value is -2.54. The Bertz CT molecular complexity index is 819. The molecule has 1 saturated heterocycles. The van der Waals surface area contributed by atoms with Gasteiger partial charge in [-0.1, -0.05) is 0 Å². The molecule has 4 rings (SSSR count). The number of nitrogen functional groups attached to an aromatic ring is 1. The highest BCUT2D eigenvalue weighted by Crippen LogP contribution is 2.35. The lowest BCUT2D eigenvalue weighted by Gasteiger charge is -2.21. The van der Waals surface area contributed by atoms with Gasteiger partial charge in [0.05, 0.1) is 13.7 Å². The van der Waals surface area contributed by atoms with Gasteiger partial charge in [-0.05, 0) is 44.9 Å². The maximum atomic E-state index is 6.19. The van der Waals surface area contributed by atoms with E-state index >= 15 is 0 Å². The lowest BCUT2D eigenvalue weighted by molar-refractivity contribution is 0.230. The number of benzene rings is 1. The topological polar surface area (TPSA) is 76.7 Å². The van der Waals surface area contributed by atoms with Crippen LogP contribution in [0.1, 0.15) is 25.0 Å². The molecule has 0 radical (unpaired) electrons. The number of likely N-dealkylation sites (tertiary alicyclic amines) is 1. The highest BCUT2D eigenvalue weighted by Gasteiger charge is 2.34. The SMILES string of the molecule is COc1ccc(N(C)c2nc(C)cc(N)n2)cc1OC[C@@H]1CCN(C2CC2)C1. The van der Waals surface area contributed by atoms with Crippen LogP contribution in [0.4, 0.5) is 17.5 Å². The molecule has 0 bridgehead atoms. The molecular formula is C21H29N5O2. The molecule has 1 aliphatic heterocycles. The first-order chi connectivity index (χ1) is 13.5. The second-order valence-electron chi connectivity index (χ2n) is 7.82. The van der Waals surface area contributed by atoms with Crippen LogP contribution >= 0.6 is 0 Å². The number of anilines is 3. The first-order valence-corrected chi connectivity index (χ1v) is 9.93. The molecule has 2 aliphatic rings. The predicted octanol–water partition coefficient (Wildman–Crippen LogP) is 3.01. The van der Waals surface area contributed by atoms with Gasteiger partial charge in [-0.15, -0.1) is 0 Å². The smallest absolute Gasteiger partial charge is 0.231 e. The van der Waals surface area contributed by atoms with Gasteiger partial charge in [-0.25, -0.2) is 4.98 Å². The van der Waals surface area contributed by atoms with Gasteiger partial charge >= 0.3 is 0 Å². The standard InChI is InChI=1S/C21H29N5O2/c1-14-10-20(22)24-21(23-14)25(2)17-6-7-18(27-3)19(11-17)28-13-15-8-9-26(12-15)16-4-5-16/h6-7,10-11,15-16H,4-5,8-9,12-13H2,1-3H3,(H2,22,23,24)/t15-/m1/s1. The molecule has 0 amide bonds. The van der Waals surface area contributed by atoms with Crippen molar-refractivity contribution in [3.05, 3.63) is 30.0 Å². The van der Waals surface area contributed by atoms with Crippen LogP contribution in [-0.2, 0) is 0 Å². The van der Waals surface area contributed by atoms with Crippen molar-refractivity contribution in [1.82, 2.24) is 14.9 Å². The Morgan fingerprint density at radius 2 is 2.00 bits per heavy atom. The van der Waals surface area contributed by atoms with Gasteiger partial charge in [0.15, 0.2) is 11.5 Å². The zero-order chi connectivity index (χ0) is 19.7. The van der Waals surface area contributed by atoms with Gasteiger partial charge in [-0.2, -0.15) is 4.98 Å². The largest absolute Gasteiger partial charge is 0.493 e. The molecule has 2 heterocycles. The molecule has 1 atom stereocenters. The van der Waals surface area contributed by atoms with Gasteiger partial charge in [0.1, 0.15) is 5.82 Å². The first kappa shape index (κ1) is 18.8. The zero-order valence-corrected chi connectivity index (χ0v) is 16.9. The van der Waals surface area contributed by atoms with Crippen LogP contribution in [0.3, 0.4) is 0 Å². The average molecular weight is 383 g/mol. The highest BCUT2D eigenvalue weighted by molar-refractivity contribution is 5.62. The van der Waals surface area contributed by atoms with Crippen molar-refractivity contribution in [3.63, 3.8) is 0 Å². The van der Waals surface area contributed by atoms with Gasteiger partial charge < -0.3 is 20.1 Å². The fraction of sp³-hybridized carbons (Fsp3) is 0.524. The number of rotatable bonds is 7. The van der Waals surface area contributed by atoms with E-state index in [0.29, 0.717) is 24.3 Å². The van der Waals surface area contributed by atoms with Gasteiger partial charge in [0.2, 0.25) is 5.95 Å². The molecule has 28 heavy (non-hydrogen) atoms. The molecule has 1 aromatic heterocycles. The number of aromatic nitrogens is 2. The summed E-state index contributed by atoms with van der Waals surface area (Å²) in [7, 11) is 3.59. The van der Waals surface area contributed by atoms with E-state index in [-0.39, 0.29) is 0 Å². The lowest BCUT2D eigenvalue weighted by Crippen LogP contribution is -2.24. The molecule has 1 saturated carbocycles. The van der Waals surface area contributed by atoms with Crippen molar-refractivity contribution in [2.24, 2.45) is 5.92 Å². The second-order valence-corrected chi connectivity index (χ2v) is 7.82. The fourth-order valence-electron chi connectivity index (χ4n) is 3.81. The molecule has 2 aromatic rings. The van der Waals surface area contributed by atoms with Crippen molar-refractivity contribution in [2.75, 3.05) is 44.5 Å². The van der Waals surface area contributed by atoms with E-state index in [9.17, 15) is 0 Å². The molecule has 0 unspecified atom stereocenters. The summed E-state index contributed by atoms with van der Waals surface area (Å²) in [4.78, 5) is 13.3. The maximum absolute atomic E-state index is 6.19. The number of ether oxygens (including phenoxy) is 2. The van der Waals surface area contributed by atoms with Crippen molar-refractivity contribution in [1.29, 1.82) is 0 Å². The minimum absolute atomic E-state index is 0.459. The Morgan fingerprint density at radius 1 is 1.18 bits per heavy atom. The maximum Gasteiger partial charge on any atom is 0.231 e. The van der Waals surface area contributed by atoms with E-state index in [4.69, 9.17) is 15.2 Å². The molecule has 1 aliphatic carbocycles. The fourth-order valence-corrected chi connectivity index (χ4v) is 3.81. The molecule has 2 N–H and O–H groups in total. The summed E-state index contributed by atoms with van der Waals surface area (Å²) in [6.07, 6.45) is 3.93. The molecule has 7 heteroatoms. The Kier molecular flexibility index (Phi) is 5.26. The minimum atomic E-state index is 0.459. The van der Waals surface area contributed by atoms with Gasteiger partial charge in [0, 0.05) is 49.1 Å². The minimum Gasteiger partial charge on any atom is -0.493 e. The summed E-state index contributed by atoms with van der Waals surface area (Å²) in [5, 5.41) is 0. The summed E-state index contributed by atoms with van der Waals surface area (Å²) in [6, 6.07) is 8.46. The third-order valence-corrected chi connectivity index (χ3v) is 5.55. The van der Waals surface area contributed by atoms with Crippen molar-refractivity contribution in [3.8, 4) is 11.5 Å². The van der Waals surface area contributed by atoms with Crippen molar-refractivity contribution in [2.45, 2.75) is 32.2 Å². The molecule has 150 valence electrons. The normalized spacial score (nSPS) is 19.6. The van der Waals surface area contributed by atoms with Gasteiger partial charge in [-0.3, -0.25) is 4.90 Å². The van der Waals surface area contributed by atoms with Crippen LogP contribution in [0.5, 0.6) is 11.5 Å². The Labute approximate surface area is 166 Å². The summed E-state index contributed by atoms with van der Waals surface area (Å²) in [5.41, 5.74) is 7.64. The number of aryl methyl sites for hydroxylation is 1. The van der Waals surface area contributed by atoms with Crippen LogP contribution in [-0.4, -0.2) is 54.8 Å². The Balaban J connectivity index is 1.47. The van der Waals surface area contributed by atoms with Crippen LogP contribution in [0.15, 0.2) is 24.3 Å². The number of hydrogen-bond donors (Lipinski definition) is 1. The highest BCUT2D eigenvalue weighted by atomic mass is 16.5. The zero-order valence-electron chi connectivity index (χ0n) is 16.9. The van der Waals surface area contributed by atoms with Crippen LogP contribution in [0, 0.1) is 12.8 Å². The number of hydrogen-bond acceptors (Lipinski definition) is 7. The third kappa shape index (κ3) is 4.14. The van der Waals surface area contributed by atoms with Crippen LogP contribution in [0.2, 0.25) is 0 Å². The number of methoxy groups -OCH3 is 1. The van der Waals surface area contributed by atoms with E-state index in [1.807, 2.05) is 37.1 Å². The van der Waals surface area contributed by atoms with E-state index < -0.39 is 0 Å². The van der Waals surface area contributed by atoms with E-state index in [2.05, 4.69) is 14.9 Å². The molecule has 7 nitrogen and oxygen atoms in total. The summed E-state index contributed by atoms with van der Waals surface area (Å²) in [5.74, 6) is 3.08. The Morgan fingerprint density at radius 3 is 2.71 bits per heavy atom. The lowest BCUT2D eigenvalue weighted by atomic mass is 10.1. The van der Waals surface area contributed by atoms with E-state index in [1.165, 1.54) is 25.8 Å². The van der Waals surface area contributed by atoms with Crippen LogP contribution in [0.25, 0.3) is 0 Å². The monoisotopic (exact) mass is 383 g/mol. The number of nitrogens with zero attached hydrogens (tertiary/aromatic N) is 4. The quantitative estimate of drug-likeness (QED) is 0.787. The predicted molar refractivity (Wildman–Crippen MR) is 110 cm³/mol. The van der Waals surface area contributed by atoms with E-state index in [0.717, 1.165) is 35.5 Å². The van der Waals surface area contributed by atoms with Crippen LogP contribution < -0.4 is 20.1 Å². The second kappa shape index (κ2) is 7.83. The first-order valence-electron chi connectivity index (χ1n) is 9.93. The van der Waals surface area contributed by atoms with E-state index in [1.54, 1.807) is 13.2 Å². The summed E-state index contributed by atoms with van der Waals surface area (Å²) < 4.78 is 11.7. The average Bonchev–Trinajstić information content (AvgIpc) is 3.43. The third-order valence-electron chi connectivity index (χ3n) is 5.55. The molecule has 2 fully saturated rings. The molecule has 1 aromatic carbocycles. The molecular weight excluding hydrogens is 354 g/mol. The summed E-state index contributed by atoms with van der Waals surface area (Å²) >= 11 is 0. The van der Waals surface area contributed by atoms with Gasteiger partial charge in [0.25, 0.3) is 0 Å². The van der Waals surface area contributed by atoms with Crippen molar-refractivity contribution >= 4 is 17.5 Å². The molecule has 0 spiro atoms. The summed E-state index contributed by atoms with van der Waals surface area (Å²) in [6.45, 7) is 4.96.